The number of imidazole rings is 1. The minimum Gasteiger partial charge on any atom is -0.328 e. The zero-order chi connectivity index (χ0) is 13.6. The molecule has 0 fully saturated rings. The molecule has 1 N–H and O–H groups in total. The average Bonchev–Trinajstić information content (AvgIpc) is 2.68. The Bertz CT molecular complexity index is 838. The Morgan fingerprint density at radius 3 is 2.68 bits per heavy atom. The summed E-state index contributed by atoms with van der Waals surface area (Å²) in [6.45, 7) is 0. The summed E-state index contributed by atoms with van der Waals surface area (Å²) in [5.41, 5.74) is 1.65. The lowest BCUT2D eigenvalue weighted by Crippen LogP contribution is -1.95. The zero-order valence-electron chi connectivity index (χ0n) is 9.45. The molecule has 2 aromatic carbocycles. The number of rotatable bonds is 1. The van der Waals surface area contributed by atoms with Crippen molar-refractivity contribution in [2.75, 3.05) is 0 Å². The van der Waals surface area contributed by atoms with Crippen molar-refractivity contribution in [3.8, 4) is 5.69 Å². The molecule has 0 radical (unpaired) electrons. The minimum absolute atomic E-state index is 0.354. The van der Waals surface area contributed by atoms with Crippen LogP contribution in [-0.2, 0) is 0 Å². The first kappa shape index (κ1) is 12.7. The maximum Gasteiger partial charge on any atom is 0.182 e. The Morgan fingerprint density at radius 1 is 1.16 bits per heavy atom. The van der Waals surface area contributed by atoms with Crippen molar-refractivity contribution in [2.45, 2.75) is 0 Å². The van der Waals surface area contributed by atoms with Crippen molar-refractivity contribution in [2.24, 2.45) is 0 Å². The predicted molar refractivity (Wildman–Crippen MR) is 78.4 cm³/mol. The van der Waals surface area contributed by atoms with E-state index < -0.39 is 0 Å². The molecular weight excluding hydrogens is 306 g/mol. The van der Waals surface area contributed by atoms with Crippen LogP contribution in [0.2, 0.25) is 10.0 Å². The van der Waals surface area contributed by atoms with Crippen molar-refractivity contribution in [3.05, 3.63) is 57.0 Å². The van der Waals surface area contributed by atoms with E-state index in [9.17, 15) is 4.39 Å². The Balaban J connectivity index is 2.40. The van der Waals surface area contributed by atoms with Crippen LogP contribution in [0.5, 0.6) is 0 Å². The van der Waals surface area contributed by atoms with Gasteiger partial charge in [-0.25, -0.2) is 4.39 Å². The van der Waals surface area contributed by atoms with E-state index in [0.717, 1.165) is 0 Å². The first-order chi connectivity index (χ1) is 9.08. The predicted octanol–water partition coefficient (Wildman–Crippen LogP) is 5.13. The van der Waals surface area contributed by atoms with Gasteiger partial charge in [-0.05, 0) is 42.5 Å². The molecule has 0 aliphatic rings. The summed E-state index contributed by atoms with van der Waals surface area (Å²) in [4.78, 5) is 2.85. The SMILES string of the molecule is Fc1cccc2c1[nH]c(=S)n2-c1ccc(Cl)cc1Cl. The molecule has 0 saturated heterocycles. The highest BCUT2D eigenvalue weighted by Gasteiger charge is 2.12. The monoisotopic (exact) mass is 312 g/mol. The van der Waals surface area contributed by atoms with Gasteiger partial charge in [-0.15, -0.1) is 0 Å². The molecule has 1 aromatic heterocycles. The summed E-state index contributed by atoms with van der Waals surface area (Å²) in [7, 11) is 0. The van der Waals surface area contributed by atoms with E-state index >= 15 is 0 Å². The van der Waals surface area contributed by atoms with E-state index in [1.54, 1.807) is 34.9 Å². The smallest absolute Gasteiger partial charge is 0.182 e. The first-order valence-corrected chi connectivity index (χ1v) is 6.59. The van der Waals surface area contributed by atoms with Crippen LogP contribution in [0, 0.1) is 10.6 Å². The molecule has 3 aromatic rings. The van der Waals surface area contributed by atoms with Crippen LogP contribution in [-0.4, -0.2) is 9.55 Å². The summed E-state index contributed by atoms with van der Waals surface area (Å²) in [6.07, 6.45) is 0. The van der Waals surface area contributed by atoms with Gasteiger partial charge in [0.05, 0.1) is 16.2 Å². The summed E-state index contributed by atoms with van der Waals surface area (Å²) in [6, 6.07) is 9.86. The number of fused-ring (bicyclic) bond motifs is 1. The number of H-pyrrole nitrogens is 1. The van der Waals surface area contributed by atoms with Gasteiger partial charge in [0.25, 0.3) is 0 Å². The fourth-order valence-electron chi connectivity index (χ4n) is 2.00. The highest BCUT2D eigenvalue weighted by atomic mass is 35.5. The molecule has 2 nitrogen and oxygen atoms in total. The second-order valence-corrected chi connectivity index (χ2v) is 5.23. The number of halogens is 3. The van der Waals surface area contributed by atoms with Crippen molar-refractivity contribution in [1.29, 1.82) is 0 Å². The van der Waals surface area contributed by atoms with Gasteiger partial charge in [0, 0.05) is 5.02 Å². The Labute approximate surface area is 123 Å². The van der Waals surface area contributed by atoms with Gasteiger partial charge in [0.1, 0.15) is 11.3 Å². The van der Waals surface area contributed by atoms with Gasteiger partial charge < -0.3 is 4.98 Å². The van der Waals surface area contributed by atoms with Crippen LogP contribution in [0.3, 0.4) is 0 Å². The lowest BCUT2D eigenvalue weighted by Gasteiger charge is -2.07. The molecular formula is C13H7Cl2FN2S. The molecule has 0 amide bonds. The molecule has 1 heterocycles. The van der Waals surface area contributed by atoms with Crippen LogP contribution in [0.25, 0.3) is 16.7 Å². The average molecular weight is 313 g/mol. The summed E-state index contributed by atoms with van der Waals surface area (Å²) in [5.74, 6) is -0.354. The number of hydrogen-bond acceptors (Lipinski definition) is 1. The molecule has 96 valence electrons. The molecule has 0 aliphatic carbocycles. The molecule has 0 bridgehead atoms. The fourth-order valence-corrected chi connectivity index (χ4v) is 2.79. The van der Waals surface area contributed by atoms with Crippen LogP contribution in [0.1, 0.15) is 0 Å². The highest BCUT2D eigenvalue weighted by Crippen LogP contribution is 2.28. The van der Waals surface area contributed by atoms with Crippen LogP contribution >= 0.6 is 35.4 Å². The molecule has 0 saturated carbocycles. The van der Waals surface area contributed by atoms with E-state index in [0.29, 0.717) is 31.5 Å². The van der Waals surface area contributed by atoms with Crippen molar-refractivity contribution in [3.63, 3.8) is 0 Å². The third kappa shape index (κ3) is 2.06. The number of hydrogen-bond donors (Lipinski definition) is 1. The molecule has 0 unspecified atom stereocenters. The molecule has 19 heavy (non-hydrogen) atoms. The third-order valence-electron chi connectivity index (χ3n) is 2.82. The number of aromatic amines is 1. The van der Waals surface area contributed by atoms with Gasteiger partial charge in [0.15, 0.2) is 4.77 Å². The van der Waals surface area contributed by atoms with Crippen LogP contribution in [0.15, 0.2) is 36.4 Å². The second kappa shape index (κ2) is 4.63. The van der Waals surface area contributed by atoms with Gasteiger partial charge in [-0.3, -0.25) is 4.57 Å². The number of aromatic nitrogens is 2. The van der Waals surface area contributed by atoms with E-state index in [2.05, 4.69) is 4.98 Å². The van der Waals surface area contributed by atoms with Gasteiger partial charge in [-0.2, -0.15) is 0 Å². The summed E-state index contributed by atoms with van der Waals surface area (Å²) < 4.78 is 15.8. The quantitative estimate of drug-likeness (QED) is 0.617. The number of nitrogens with zero attached hydrogens (tertiary/aromatic N) is 1. The first-order valence-electron chi connectivity index (χ1n) is 5.42. The van der Waals surface area contributed by atoms with Crippen molar-refractivity contribution < 1.29 is 4.39 Å². The zero-order valence-corrected chi connectivity index (χ0v) is 11.8. The summed E-state index contributed by atoms with van der Waals surface area (Å²) >= 11 is 17.3. The third-order valence-corrected chi connectivity index (χ3v) is 3.64. The van der Waals surface area contributed by atoms with Crippen molar-refractivity contribution in [1.82, 2.24) is 9.55 Å². The van der Waals surface area contributed by atoms with Gasteiger partial charge in [-0.1, -0.05) is 29.3 Å². The van der Waals surface area contributed by atoms with Crippen molar-refractivity contribution >= 4 is 46.5 Å². The normalized spacial score (nSPS) is 11.1. The fraction of sp³-hybridized carbons (Fsp3) is 0. The topological polar surface area (TPSA) is 20.7 Å². The maximum atomic E-state index is 13.7. The van der Waals surface area contributed by atoms with Gasteiger partial charge in [0.2, 0.25) is 0 Å². The van der Waals surface area contributed by atoms with E-state index in [-0.39, 0.29) is 5.82 Å². The van der Waals surface area contributed by atoms with E-state index in [1.807, 2.05) is 0 Å². The lowest BCUT2D eigenvalue weighted by atomic mass is 10.2. The van der Waals surface area contributed by atoms with E-state index in [1.165, 1.54) is 6.07 Å². The second-order valence-electron chi connectivity index (χ2n) is 4.00. The molecule has 0 aliphatic heterocycles. The molecule has 3 rings (SSSR count). The van der Waals surface area contributed by atoms with Gasteiger partial charge >= 0.3 is 0 Å². The number of para-hydroxylation sites is 1. The number of benzene rings is 2. The Hall–Kier alpha value is -1.36. The van der Waals surface area contributed by atoms with E-state index in [4.69, 9.17) is 35.4 Å². The van der Waals surface area contributed by atoms with Crippen LogP contribution in [0.4, 0.5) is 4.39 Å². The largest absolute Gasteiger partial charge is 0.328 e. The highest BCUT2D eigenvalue weighted by molar-refractivity contribution is 7.71. The molecule has 0 spiro atoms. The Morgan fingerprint density at radius 2 is 1.95 bits per heavy atom. The lowest BCUT2D eigenvalue weighted by molar-refractivity contribution is 0.637. The summed E-state index contributed by atoms with van der Waals surface area (Å²) in [5, 5.41) is 0.986. The maximum absolute atomic E-state index is 13.7. The molecule has 0 atom stereocenters. The van der Waals surface area contributed by atoms with Crippen LogP contribution < -0.4 is 0 Å². The number of nitrogens with one attached hydrogen (secondary N) is 1. The molecule has 6 heteroatoms. The minimum atomic E-state index is -0.354. The standard InChI is InChI=1S/C13H7Cl2FN2S/c14-7-4-5-10(8(15)6-7)18-11-3-1-2-9(16)12(11)17-13(18)19/h1-6H,(H,17,19). The Kier molecular flexibility index (Phi) is 3.09.